The summed E-state index contributed by atoms with van der Waals surface area (Å²) >= 11 is 0. The highest BCUT2D eigenvalue weighted by Gasteiger charge is 2.03. The smallest absolute Gasteiger partial charge is 0.0770 e. The lowest BCUT2D eigenvalue weighted by Gasteiger charge is -2.13. The number of aromatic nitrogens is 1. The van der Waals surface area contributed by atoms with E-state index in [1.165, 1.54) is 19.3 Å². The van der Waals surface area contributed by atoms with E-state index < -0.39 is 0 Å². The second kappa shape index (κ2) is 6.40. The summed E-state index contributed by atoms with van der Waals surface area (Å²) < 4.78 is 0. The number of pyridine rings is 1. The van der Waals surface area contributed by atoms with Gasteiger partial charge in [-0.1, -0.05) is 19.8 Å². The Labute approximate surface area is 92.1 Å². The highest BCUT2D eigenvalue weighted by atomic mass is 14.9. The molecule has 0 aromatic carbocycles. The van der Waals surface area contributed by atoms with Crippen molar-refractivity contribution in [2.24, 2.45) is 0 Å². The van der Waals surface area contributed by atoms with E-state index in [1.54, 1.807) is 6.20 Å². The predicted molar refractivity (Wildman–Crippen MR) is 64.5 cm³/mol. The molecule has 1 rings (SSSR count). The molecule has 1 aromatic heterocycles. The normalized spacial score (nSPS) is 12.7. The Morgan fingerprint density at radius 1 is 1.53 bits per heavy atom. The Morgan fingerprint density at radius 3 is 3.00 bits per heavy atom. The van der Waals surface area contributed by atoms with E-state index >= 15 is 0 Å². The number of rotatable bonds is 6. The van der Waals surface area contributed by atoms with E-state index in [1.807, 2.05) is 12.1 Å². The van der Waals surface area contributed by atoms with E-state index in [0.717, 1.165) is 17.9 Å². The van der Waals surface area contributed by atoms with Gasteiger partial charge < -0.3 is 11.1 Å². The van der Waals surface area contributed by atoms with Gasteiger partial charge in [0.25, 0.3) is 0 Å². The molecule has 0 saturated carbocycles. The number of nitrogens with one attached hydrogen (secondary N) is 1. The second-order valence-electron chi connectivity index (χ2n) is 3.96. The minimum atomic E-state index is 0.534. The zero-order valence-corrected chi connectivity index (χ0v) is 9.66. The molecule has 1 atom stereocenters. The third-order valence-corrected chi connectivity index (χ3v) is 2.53. The third kappa shape index (κ3) is 4.30. The van der Waals surface area contributed by atoms with Gasteiger partial charge in [-0.25, -0.2) is 0 Å². The van der Waals surface area contributed by atoms with Gasteiger partial charge in [0.2, 0.25) is 0 Å². The summed E-state index contributed by atoms with van der Waals surface area (Å²) in [6.45, 7) is 5.18. The highest BCUT2D eigenvalue weighted by Crippen LogP contribution is 2.07. The summed E-state index contributed by atoms with van der Waals surface area (Å²) in [4.78, 5) is 4.24. The summed E-state index contributed by atoms with van der Waals surface area (Å²) in [6.07, 6.45) is 5.51. The second-order valence-corrected chi connectivity index (χ2v) is 3.96. The van der Waals surface area contributed by atoms with Crippen LogP contribution in [0.25, 0.3) is 0 Å². The Bertz CT molecular complexity index is 286. The lowest BCUT2D eigenvalue weighted by Crippen LogP contribution is -2.26. The van der Waals surface area contributed by atoms with E-state index in [9.17, 15) is 0 Å². The van der Waals surface area contributed by atoms with Crippen molar-refractivity contribution in [3.63, 3.8) is 0 Å². The zero-order valence-electron chi connectivity index (χ0n) is 9.66. The SMILES string of the molecule is CCCCC(C)NCc1ncccc1N. The van der Waals surface area contributed by atoms with Crippen molar-refractivity contribution in [2.75, 3.05) is 5.73 Å². The Balaban J connectivity index is 2.33. The fourth-order valence-electron chi connectivity index (χ4n) is 1.48. The topological polar surface area (TPSA) is 50.9 Å². The van der Waals surface area contributed by atoms with Crippen LogP contribution in [-0.4, -0.2) is 11.0 Å². The lowest BCUT2D eigenvalue weighted by molar-refractivity contribution is 0.492. The van der Waals surface area contributed by atoms with Crippen LogP contribution in [0.1, 0.15) is 38.8 Å². The number of hydrogen-bond donors (Lipinski definition) is 2. The van der Waals surface area contributed by atoms with Gasteiger partial charge >= 0.3 is 0 Å². The standard InChI is InChI=1S/C12H21N3/c1-3-4-6-10(2)15-9-12-11(13)7-5-8-14-12/h5,7-8,10,15H,3-4,6,9,13H2,1-2H3. The van der Waals surface area contributed by atoms with Crippen LogP contribution in [0.15, 0.2) is 18.3 Å². The first kappa shape index (κ1) is 12.0. The highest BCUT2D eigenvalue weighted by molar-refractivity contribution is 5.41. The fourth-order valence-corrected chi connectivity index (χ4v) is 1.48. The van der Waals surface area contributed by atoms with Crippen LogP contribution >= 0.6 is 0 Å². The molecule has 1 aromatic rings. The van der Waals surface area contributed by atoms with Crippen molar-refractivity contribution in [2.45, 2.75) is 45.7 Å². The number of nitrogens with two attached hydrogens (primary N) is 1. The zero-order chi connectivity index (χ0) is 11.1. The first-order chi connectivity index (χ1) is 7.24. The van der Waals surface area contributed by atoms with Crippen molar-refractivity contribution in [1.29, 1.82) is 0 Å². The molecule has 3 N–H and O–H groups in total. The molecule has 1 heterocycles. The van der Waals surface area contributed by atoms with Crippen LogP contribution < -0.4 is 11.1 Å². The predicted octanol–water partition coefficient (Wildman–Crippen LogP) is 2.33. The van der Waals surface area contributed by atoms with Crippen LogP contribution in [0.5, 0.6) is 0 Å². The van der Waals surface area contributed by atoms with Crippen molar-refractivity contribution >= 4 is 5.69 Å². The van der Waals surface area contributed by atoms with Crippen molar-refractivity contribution in [3.05, 3.63) is 24.0 Å². The Kier molecular flexibility index (Phi) is 5.12. The van der Waals surface area contributed by atoms with Crippen molar-refractivity contribution < 1.29 is 0 Å². The molecular formula is C12H21N3. The van der Waals surface area contributed by atoms with Gasteiger partial charge in [0.15, 0.2) is 0 Å². The molecule has 0 fully saturated rings. The van der Waals surface area contributed by atoms with Crippen LogP contribution in [-0.2, 0) is 6.54 Å². The number of nitrogens with zero attached hydrogens (tertiary/aromatic N) is 1. The summed E-state index contributed by atoms with van der Waals surface area (Å²) in [7, 11) is 0. The summed E-state index contributed by atoms with van der Waals surface area (Å²) in [5.74, 6) is 0. The van der Waals surface area contributed by atoms with Crippen molar-refractivity contribution in [1.82, 2.24) is 10.3 Å². The molecule has 15 heavy (non-hydrogen) atoms. The minimum absolute atomic E-state index is 0.534. The molecule has 84 valence electrons. The molecule has 3 nitrogen and oxygen atoms in total. The maximum Gasteiger partial charge on any atom is 0.0770 e. The van der Waals surface area contributed by atoms with Gasteiger partial charge in [0.05, 0.1) is 11.4 Å². The summed E-state index contributed by atoms with van der Waals surface area (Å²) in [5, 5.41) is 3.43. The van der Waals surface area contributed by atoms with Crippen molar-refractivity contribution in [3.8, 4) is 0 Å². The molecule has 0 radical (unpaired) electrons. The third-order valence-electron chi connectivity index (χ3n) is 2.53. The first-order valence-electron chi connectivity index (χ1n) is 5.66. The molecule has 0 bridgehead atoms. The van der Waals surface area contributed by atoms with Gasteiger partial charge in [-0.15, -0.1) is 0 Å². The lowest BCUT2D eigenvalue weighted by atomic mass is 10.1. The molecule has 0 aliphatic carbocycles. The quantitative estimate of drug-likeness (QED) is 0.752. The molecule has 1 unspecified atom stereocenters. The number of unbranched alkanes of at least 4 members (excludes halogenated alkanes) is 1. The van der Waals surface area contributed by atoms with E-state index in [4.69, 9.17) is 5.73 Å². The Morgan fingerprint density at radius 2 is 2.33 bits per heavy atom. The molecule has 0 aliphatic heterocycles. The monoisotopic (exact) mass is 207 g/mol. The van der Waals surface area contributed by atoms with Crippen LogP contribution in [0, 0.1) is 0 Å². The first-order valence-corrected chi connectivity index (χ1v) is 5.66. The minimum Gasteiger partial charge on any atom is -0.397 e. The Hall–Kier alpha value is -1.09. The maximum atomic E-state index is 5.80. The van der Waals surface area contributed by atoms with Gasteiger partial charge in [0.1, 0.15) is 0 Å². The van der Waals surface area contributed by atoms with E-state index in [0.29, 0.717) is 6.04 Å². The molecule has 0 spiro atoms. The largest absolute Gasteiger partial charge is 0.397 e. The number of nitrogen functional groups attached to an aromatic ring is 1. The van der Waals surface area contributed by atoms with E-state index in [-0.39, 0.29) is 0 Å². The van der Waals surface area contributed by atoms with Crippen LogP contribution in [0.2, 0.25) is 0 Å². The average Bonchev–Trinajstić information content (AvgIpc) is 2.25. The van der Waals surface area contributed by atoms with Crippen LogP contribution in [0.3, 0.4) is 0 Å². The fraction of sp³-hybridized carbons (Fsp3) is 0.583. The average molecular weight is 207 g/mol. The molecule has 0 amide bonds. The van der Waals surface area contributed by atoms with E-state index in [2.05, 4.69) is 24.1 Å². The number of hydrogen-bond acceptors (Lipinski definition) is 3. The van der Waals surface area contributed by atoms with Crippen LogP contribution in [0.4, 0.5) is 5.69 Å². The molecule has 0 aliphatic rings. The van der Waals surface area contributed by atoms with Gasteiger partial charge in [-0.3, -0.25) is 4.98 Å². The molecule has 3 heteroatoms. The number of anilines is 1. The summed E-state index contributed by atoms with van der Waals surface area (Å²) in [5.41, 5.74) is 7.52. The molecule has 0 saturated heterocycles. The molecular weight excluding hydrogens is 186 g/mol. The van der Waals surface area contributed by atoms with Gasteiger partial charge in [-0.05, 0) is 25.5 Å². The summed E-state index contributed by atoms with van der Waals surface area (Å²) in [6, 6.07) is 4.28. The maximum absolute atomic E-state index is 5.80. The van der Waals surface area contributed by atoms with Gasteiger partial charge in [0, 0.05) is 18.8 Å². The van der Waals surface area contributed by atoms with Gasteiger partial charge in [-0.2, -0.15) is 0 Å².